The van der Waals surface area contributed by atoms with Crippen LogP contribution in [0.2, 0.25) is 0 Å². The zero-order chi connectivity index (χ0) is 14.6. The number of carbonyl (C=O) groups excluding carboxylic acids is 1. The fourth-order valence-electron chi connectivity index (χ4n) is 1.67. The van der Waals surface area contributed by atoms with Crippen molar-refractivity contribution in [3.63, 3.8) is 0 Å². The van der Waals surface area contributed by atoms with Crippen LogP contribution in [0.4, 0.5) is 0 Å². The van der Waals surface area contributed by atoms with E-state index in [0.29, 0.717) is 12.0 Å². The first kappa shape index (κ1) is 15.2. The molecule has 106 valence electrons. The average Bonchev–Trinajstić information content (AvgIpc) is 2.76. The Balaban J connectivity index is 2.73. The highest BCUT2D eigenvalue weighted by Crippen LogP contribution is 2.08. The Morgan fingerprint density at radius 2 is 2.00 bits per heavy atom. The molecular formula is C13H21N3O3. The van der Waals surface area contributed by atoms with Gasteiger partial charge in [0.1, 0.15) is 6.04 Å². The van der Waals surface area contributed by atoms with Crippen LogP contribution >= 0.6 is 0 Å². The zero-order valence-corrected chi connectivity index (χ0v) is 11.8. The van der Waals surface area contributed by atoms with Gasteiger partial charge in [0, 0.05) is 12.2 Å². The summed E-state index contributed by atoms with van der Waals surface area (Å²) in [4.78, 5) is 23.0. The van der Waals surface area contributed by atoms with Crippen molar-refractivity contribution in [2.24, 2.45) is 5.92 Å². The lowest BCUT2D eigenvalue weighted by Crippen LogP contribution is -2.41. The van der Waals surface area contributed by atoms with Gasteiger partial charge in [-0.2, -0.15) is 5.10 Å². The predicted octanol–water partition coefficient (Wildman–Crippen LogP) is 1.69. The van der Waals surface area contributed by atoms with Gasteiger partial charge in [-0.15, -0.1) is 0 Å². The molecule has 0 saturated carbocycles. The molecule has 1 aromatic heterocycles. The highest BCUT2D eigenvalue weighted by Gasteiger charge is 2.22. The van der Waals surface area contributed by atoms with Gasteiger partial charge < -0.3 is 10.4 Å². The predicted molar refractivity (Wildman–Crippen MR) is 71.0 cm³/mol. The minimum atomic E-state index is -1.02. The second-order valence-corrected chi connectivity index (χ2v) is 5.30. The lowest BCUT2D eigenvalue weighted by atomic mass is 10.0. The fraction of sp³-hybridized carbons (Fsp3) is 0.615. The Morgan fingerprint density at radius 3 is 2.42 bits per heavy atom. The molecule has 1 amide bonds. The molecule has 0 aliphatic heterocycles. The molecule has 1 unspecified atom stereocenters. The van der Waals surface area contributed by atoms with Crippen molar-refractivity contribution in [2.75, 3.05) is 0 Å². The van der Waals surface area contributed by atoms with Gasteiger partial charge in [-0.3, -0.25) is 9.48 Å². The highest BCUT2D eigenvalue weighted by molar-refractivity contribution is 5.96. The molecule has 1 heterocycles. The summed E-state index contributed by atoms with van der Waals surface area (Å²) in [6, 6.07) is -0.706. The first-order valence-electron chi connectivity index (χ1n) is 6.39. The molecule has 0 saturated heterocycles. The molecule has 0 bridgehead atoms. The summed E-state index contributed by atoms with van der Waals surface area (Å²) >= 11 is 0. The van der Waals surface area contributed by atoms with Gasteiger partial charge in [-0.25, -0.2) is 4.79 Å². The molecule has 0 radical (unpaired) electrons. The van der Waals surface area contributed by atoms with Crippen molar-refractivity contribution in [3.8, 4) is 0 Å². The molecule has 1 rings (SSSR count). The minimum absolute atomic E-state index is 0.160. The third-order valence-corrected chi connectivity index (χ3v) is 2.70. The largest absolute Gasteiger partial charge is 0.480 e. The average molecular weight is 267 g/mol. The normalized spacial score (nSPS) is 12.7. The van der Waals surface area contributed by atoms with Crippen LogP contribution in [0.5, 0.6) is 0 Å². The molecule has 0 aromatic carbocycles. The van der Waals surface area contributed by atoms with Crippen LogP contribution in [0.25, 0.3) is 0 Å². The van der Waals surface area contributed by atoms with E-state index in [2.05, 4.69) is 10.4 Å². The molecular weight excluding hydrogens is 246 g/mol. The van der Waals surface area contributed by atoms with Crippen LogP contribution in [-0.2, 0) is 4.79 Å². The maximum absolute atomic E-state index is 11.9. The lowest BCUT2D eigenvalue weighted by molar-refractivity contribution is -0.139. The van der Waals surface area contributed by atoms with Gasteiger partial charge in [-0.05, 0) is 26.2 Å². The minimum Gasteiger partial charge on any atom is -0.480 e. The SMILES string of the molecule is CC(C)CC(NC(=O)c1cnn(C(C)C)c1)C(=O)O. The molecule has 6 nitrogen and oxygen atoms in total. The van der Waals surface area contributed by atoms with E-state index in [1.165, 1.54) is 6.20 Å². The van der Waals surface area contributed by atoms with Gasteiger partial charge in [0.2, 0.25) is 0 Å². The number of nitrogens with one attached hydrogen (secondary N) is 1. The van der Waals surface area contributed by atoms with Crippen LogP contribution in [0, 0.1) is 5.92 Å². The zero-order valence-electron chi connectivity index (χ0n) is 11.8. The van der Waals surface area contributed by atoms with Crippen LogP contribution in [0.1, 0.15) is 50.5 Å². The van der Waals surface area contributed by atoms with Crippen molar-refractivity contribution >= 4 is 11.9 Å². The number of nitrogens with zero attached hydrogens (tertiary/aromatic N) is 2. The van der Waals surface area contributed by atoms with Gasteiger partial charge in [0.25, 0.3) is 5.91 Å². The molecule has 0 fully saturated rings. The Bertz CT molecular complexity index is 452. The van der Waals surface area contributed by atoms with Crippen LogP contribution in [0.15, 0.2) is 12.4 Å². The van der Waals surface area contributed by atoms with Gasteiger partial charge in [0.15, 0.2) is 0 Å². The Morgan fingerprint density at radius 1 is 1.37 bits per heavy atom. The first-order valence-corrected chi connectivity index (χ1v) is 6.39. The van der Waals surface area contributed by atoms with E-state index in [1.54, 1.807) is 10.9 Å². The van der Waals surface area contributed by atoms with Crippen molar-refractivity contribution in [1.29, 1.82) is 0 Å². The summed E-state index contributed by atoms with van der Waals surface area (Å²) in [6.07, 6.45) is 3.47. The van der Waals surface area contributed by atoms with Crippen LogP contribution < -0.4 is 5.32 Å². The molecule has 6 heteroatoms. The number of rotatable bonds is 6. The van der Waals surface area contributed by atoms with E-state index >= 15 is 0 Å². The topological polar surface area (TPSA) is 84.2 Å². The summed E-state index contributed by atoms with van der Waals surface area (Å²) in [5.41, 5.74) is 0.378. The Labute approximate surface area is 112 Å². The van der Waals surface area contributed by atoms with Crippen molar-refractivity contribution in [3.05, 3.63) is 18.0 Å². The Kier molecular flexibility index (Phi) is 5.09. The smallest absolute Gasteiger partial charge is 0.326 e. The van der Waals surface area contributed by atoms with Crippen LogP contribution in [-0.4, -0.2) is 32.8 Å². The number of hydrogen-bond donors (Lipinski definition) is 2. The number of carbonyl (C=O) groups is 2. The third-order valence-electron chi connectivity index (χ3n) is 2.70. The number of aliphatic carboxylic acids is 1. The number of amides is 1. The van der Waals surface area contributed by atoms with Gasteiger partial charge >= 0.3 is 5.97 Å². The van der Waals surface area contributed by atoms with Gasteiger partial charge in [0.05, 0.1) is 11.8 Å². The van der Waals surface area contributed by atoms with E-state index in [-0.39, 0.29) is 12.0 Å². The second-order valence-electron chi connectivity index (χ2n) is 5.30. The van der Waals surface area contributed by atoms with E-state index in [9.17, 15) is 9.59 Å². The van der Waals surface area contributed by atoms with E-state index < -0.39 is 17.9 Å². The molecule has 2 N–H and O–H groups in total. The summed E-state index contributed by atoms with van der Waals surface area (Å²) in [7, 11) is 0. The maximum atomic E-state index is 11.9. The van der Waals surface area contributed by atoms with E-state index in [1.807, 2.05) is 27.7 Å². The highest BCUT2D eigenvalue weighted by atomic mass is 16.4. The second kappa shape index (κ2) is 6.36. The Hall–Kier alpha value is -1.85. The maximum Gasteiger partial charge on any atom is 0.326 e. The summed E-state index contributed by atoms with van der Waals surface area (Å²) in [5.74, 6) is -1.22. The molecule has 1 atom stereocenters. The van der Waals surface area contributed by atoms with Crippen LogP contribution in [0.3, 0.4) is 0 Å². The molecule has 1 aromatic rings. The third kappa shape index (κ3) is 4.39. The van der Waals surface area contributed by atoms with Crippen molar-refractivity contribution in [1.82, 2.24) is 15.1 Å². The van der Waals surface area contributed by atoms with E-state index in [0.717, 1.165) is 0 Å². The number of carboxylic acids is 1. The number of aromatic nitrogens is 2. The van der Waals surface area contributed by atoms with Crippen molar-refractivity contribution < 1.29 is 14.7 Å². The summed E-state index contributed by atoms with van der Waals surface area (Å²) in [5, 5.41) is 15.7. The van der Waals surface area contributed by atoms with Gasteiger partial charge in [-0.1, -0.05) is 13.8 Å². The van der Waals surface area contributed by atoms with E-state index in [4.69, 9.17) is 5.11 Å². The molecule has 0 spiro atoms. The fourth-order valence-corrected chi connectivity index (χ4v) is 1.67. The first-order chi connectivity index (χ1) is 8.81. The number of hydrogen-bond acceptors (Lipinski definition) is 3. The lowest BCUT2D eigenvalue weighted by Gasteiger charge is -2.15. The molecule has 0 aliphatic rings. The quantitative estimate of drug-likeness (QED) is 0.821. The van der Waals surface area contributed by atoms with Crippen molar-refractivity contribution in [2.45, 2.75) is 46.2 Å². The number of carboxylic acid groups (broad SMARTS) is 1. The molecule has 19 heavy (non-hydrogen) atoms. The standard InChI is InChI=1S/C13H21N3O3/c1-8(2)5-11(13(18)19)15-12(17)10-6-14-16(7-10)9(3)4/h6-9,11H,5H2,1-4H3,(H,15,17)(H,18,19). The monoisotopic (exact) mass is 267 g/mol. The summed E-state index contributed by atoms with van der Waals surface area (Å²) < 4.78 is 1.66. The molecule has 0 aliphatic carbocycles. The summed E-state index contributed by atoms with van der Waals surface area (Å²) in [6.45, 7) is 7.73.